The summed E-state index contributed by atoms with van der Waals surface area (Å²) < 4.78 is 0. The molecule has 7 nitrogen and oxygen atoms in total. The first kappa shape index (κ1) is 19.5. The van der Waals surface area contributed by atoms with Gasteiger partial charge < -0.3 is 21.3 Å². The average molecular weight is 333 g/mol. The van der Waals surface area contributed by atoms with Gasteiger partial charge in [0.15, 0.2) is 5.96 Å². The van der Waals surface area contributed by atoms with E-state index in [9.17, 15) is 9.59 Å². The number of amides is 2. The highest BCUT2D eigenvalue weighted by atomic mass is 16.2. The lowest BCUT2D eigenvalue weighted by Crippen LogP contribution is -2.48. The number of rotatable bonds is 5. The SMILES string of the molecule is CN=C(NCC(=O)NC(C)(C)C)NCc1ccc(C(=O)NC)cc1. The van der Waals surface area contributed by atoms with Crippen LogP contribution in [0.5, 0.6) is 0 Å². The molecule has 1 aromatic rings. The molecule has 1 rings (SSSR count). The molecule has 0 heterocycles. The molecule has 1 aromatic carbocycles. The van der Waals surface area contributed by atoms with Gasteiger partial charge in [-0.25, -0.2) is 0 Å². The molecule has 0 atom stereocenters. The molecule has 0 fully saturated rings. The van der Waals surface area contributed by atoms with Crippen molar-refractivity contribution in [3.05, 3.63) is 35.4 Å². The number of nitrogens with one attached hydrogen (secondary N) is 4. The Hall–Kier alpha value is -2.57. The Bertz CT molecular complexity index is 588. The van der Waals surface area contributed by atoms with Crippen LogP contribution in [-0.4, -0.2) is 44.0 Å². The van der Waals surface area contributed by atoms with E-state index in [0.717, 1.165) is 5.56 Å². The van der Waals surface area contributed by atoms with Crippen LogP contribution in [0.25, 0.3) is 0 Å². The molecular weight excluding hydrogens is 306 g/mol. The van der Waals surface area contributed by atoms with Crippen molar-refractivity contribution in [3.63, 3.8) is 0 Å². The molecule has 0 radical (unpaired) electrons. The fraction of sp³-hybridized carbons (Fsp3) is 0.471. The van der Waals surface area contributed by atoms with E-state index in [0.29, 0.717) is 18.1 Å². The van der Waals surface area contributed by atoms with Gasteiger partial charge in [0.2, 0.25) is 5.91 Å². The molecule has 0 aromatic heterocycles. The van der Waals surface area contributed by atoms with Crippen molar-refractivity contribution in [3.8, 4) is 0 Å². The minimum absolute atomic E-state index is 0.0969. The van der Waals surface area contributed by atoms with Gasteiger partial charge in [0.25, 0.3) is 5.91 Å². The summed E-state index contributed by atoms with van der Waals surface area (Å²) in [5.41, 5.74) is 1.36. The van der Waals surface area contributed by atoms with E-state index in [-0.39, 0.29) is 23.9 Å². The summed E-state index contributed by atoms with van der Waals surface area (Å²) in [6.07, 6.45) is 0. The molecular formula is C17H27N5O2. The third kappa shape index (κ3) is 7.13. The maximum atomic E-state index is 11.8. The van der Waals surface area contributed by atoms with Gasteiger partial charge in [0.1, 0.15) is 0 Å². The molecule has 2 amide bonds. The van der Waals surface area contributed by atoms with Crippen LogP contribution in [0.3, 0.4) is 0 Å². The number of benzene rings is 1. The maximum absolute atomic E-state index is 11.8. The topological polar surface area (TPSA) is 94.6 Å². The summed E-state index contributed by atoms with van der Waals surface area (Å²) in [4.78, 5) is 27.4. The van der Waals surface area contributed by atoms with E-state index in [1.807, 2.05) is 32.9 Å². The summed E-state index contributed by atoms with van der Waals surface area (Å²) in [6.45, 7) is 6.47. The van der Waals surface area contributed by atoms with Gasteiger partial charge >= 0.3 is 0 Å². The van der Waals surface area contributed by atoms with E-state index in [1.165, 1.54) is 0 Å². The molecule has 4 N–H and O–H groups in total. The number of nitrogens with zero attached hydrogens (tertiary/aromatic N) is 1. The molecule has 0 aliphatic carbocycles. The molecule has 0 bridgehead atoms. The van der Waals surface area contributed by atoms with Gasteiger partial charge in [-0.2, -0.15) is 0 Å². The molecule has 0 aliphatic rings. The predicted octanol–water partition coefficient (Wildman–Crippen LogP) is 0.626. The quantitative estimate of drug-likeness (QED) is 0.469. The van der Waals surface area contributed by atoms with Crippen molar-refractivity contribution >= 4 is 17.8 Å². The van der Waals surface area contributed by atoms with Gasteiger partial charge in [-0.3, -0.25) is 14.6 Å². The van der Waals surface area contributed by atoms with Crippen LogP contribution in [-0.2, 0) is 11.3 Å². The summed E-state index contributed by atoms with van der Waals surface area (Å²) in [5, 5.41) is 11.5. The van der Waals surface area contributed by atoms with Crippen molar-refractivity contribution in [2.45, 2.75) is 32.9 Å². The van der Waals surface area contributed by atoms with Crippen molar-refractivity contribution < 1.29 is 9.59 Å². The summed E-state index contributed by atoms with van der Waals surface area (Å²) in [6, 6.07) is 7.28. The van der Waals surface area contributed by atoms with Crippen LogP contribution in [0.2, 0.25) is 0 Å². The Balaban J connectivity index is 2.47. The predicted molar refractivity (Wildman–Crippen MR) is 95.9 cm³/mol. The third-order valence-electron chi connectivity index (χ3n) is 3.06. The van der Waals surface area contributed by atoms with Gasteiger partial charge in [0.05, 0.1) is 6.54 Å². The lowest BCUT2D eigenvalue weighted by molar-refractivity contribution is -0.121. The average Bonchev–Trinajstić information content (AvgIpc) is 2.53. The second-order valence-electron chi connectivity index (χ2n) is 6.35. The van der Waals surface area contributed by atoms with Crippen LogP contribution < -0.4 is 21.3 Å². The third-order valence-corrected chi connectivity index (χ3v) is 3.06. The monoisotopic (exact) mass is 333 g/mol. The van der Waals surface area contributed by atoms with Crippen molar-refractivity contribution in [1.29, 1.82) is 0 Å². The van der Waals surface area contributed by atoms with Crippen LogP contribution in [0, 0.1) is 0 Å². The Morgan fingerprint density at radius 2 is 1.71 bits per heavy atom. The fourth-order valence-electron chi connectivity index (χ4n) is 1.95. The minimum atomic E-state index is -0.262. The van der Waals surface area contributed by atoms with Crippen molar-refractivity contribution in [2.24, 2.45) is 4.99 Å². The van der Waals surface area contributed by atoms with E-state index in [2.05, 4.69) is 26.3 Å². The lowest BCUT2D eigenvalue weighted by atomic mass is 10.1. The smallest absolute Gasteiger partial charge is 0.251 e. The second kappa shape index (κ2) is 8.90. The van der Waals surface area contributed by atoms with Crippen LogP contribution in [0.1, 0.15) is 36.7 Å². The van der Waals surface area contributed by atoms with E-state index in [1.54, 1.807) is 26.2 Å². The highest BCUT2D eigenvalue weighted by molar-refractivity contribution is 5.94. The maximum Gasteiger partial charge on any atom is 0.251 e. The normalized spacial score (nSPS) is 11.6. The summed E-state index contributed by atoms with van der Waals surface area (Å²) in [5.74, 6) is 0.326. The number of guanidine groups is 1. The number of carbonyl (C=O) groups is 2. The highest BCUT2D eigenvalue weighted by Crippen LogP contribution is 2.04. The van der Waals surface area contributed by atoms with Crippen molar-refractivity contribution in [1.82, 2.24) is 21.3 Å². The largest absolute Gasteiger partial charge is 0.355 e. The lowest BCUT2D eigenvalue weighted by Gasteiger charge is -2.21. The molecule has 0 saturated heterocycles. The van der Waals surface area contributed by atoms with Crippen molar-refractivity contribution in [2.75, 3.05) is 20.6 Å². The van der Waals surface area contributed by atoms with Gasteiger partial charge in [-0.15, -0.1) is 0 Å². The number of carbonyl (C=O) groups excluding carboxylic acids is 2. The molecule has 0 spiro atoms. The Morgan fingerprint density at radius 1 is 1.08 bits per heavy atom. The van der Waals surface area contributed by atoms with Crippen LogP contribution in [0.15, 0.2) is 29.3 Å². The van der Waals surface area contributed by atoms with E-state index < -0.39 is 0 Å². The van der Waals surface area contributed by atoms with Gasteiger partial charge in [-0.1, -0.05) is 12.1 Å². The standard InChI is InChI=1S/C17H27N5O2/c1-17(2,3)22-14(23)11-21-16(19-5)20-10-12-6-8-13(9-7-12)15(24)18-4/h6-9H,10-11H2,1-5H3,(H,18,24)(H,22,23)(H2,19,20,21). The fourth-order valence-corrected chi connectivity index (χ4v) is 1.95. The molecule has 0 aliphatic heterocycles. The molecule has 0 saturated carbocycles. The number of aliphatic imine (C=N–C) groups is 1. The Kier molecular flexibility index (Phi) is 7.23. The van der Waals surface area contributed by atoms with E-state index in [4.69, 9.17) is 0 Å². The molecule has 0 unspecified atom stereocenters. The first-order valence-corrected chi connectivity index (χ1v) is 7.81. The number of hydrogen-bond donors (Lipinski definition) is 4. The molecule has 132 valence electrons. The Morgan fingerprint density at radius 3 is 2.21 bits per heavy atom. The van der Waals surface area contributed by atoms with Crippen LogP contribution in [0.4, 0.5) is 0 Å². The number of hydrogen-bond acceptors (Lipinski definition) is 3. The van der Waals surface area contributed by atoms with E-state index >= 15 is 0 Å². The summed E-state index contributed by atoms with van der Waals surface area (Å²) >= 11 is 0. The minimum Gasteiger partial charge on any atom is -0.355 e. The zero-order valence-corrected chi connectivity index (χ0v) is 15.0. The van der Waals surface area contributed by atoms with Crippen LogP contribution >= 0.6 is 0 Å². The molecule has 24 heavy (non-hydrogen) atoms. The zero-order valence-electron chi connectivity index (χ0n) is 15.0. The molecule has 7 heteroatoms. The first-order chi connectivity index (χ1) is 11.2. The van der Waals surface area contributed by atoms with Gasteiger partial charge in [0, 0.05) is 31.7 Å². The summed E-state index contributed by atoms with van der Waals surface area (Å²) in [7, 11) is 3.24. The second-order valence-corrected chi connectivity index (χ2v) is 6.35. The highest BCUT2D eigenvalue weighted by Gasteiger charge is 2.13. The van der Waals surface area contributed by atoms with Gasteiger partial charge in [-0.05, 0) is 38.5 Å². The zero-order chi connectivity index (χ0) is 18.2. The first-order valence-electron chi connectivity index (χ1n) is 7.81. The Labute approximate surface area is 143 Å².